The fraction of sp³-hybridized carbons (Fsp3) is 0.200. The summed E-state index contributed by atoms with van der Waals surface area (Å²) in [4.78, 5) is 31.7. The molecule has 2 amide bonds. The highest BCUT2D eigenvalue weighted by Gasteiger charge is 2.20. The normalized spacial score (nSPS) is 10.3. The van der Waals surface area contributed by atoms with E-state index in [0.717, 1.165) is 0 Å². The molecular weight excluding hydrogens is 240 g/mol. The summed E-state index contributed by atoms with van der Waals surface area (Å²) in [7, 11) is 0. The van der Waals surface area contributed by atoms with Gasteiger partial charge in [0.25, 0.3) is 5.69 Å². The smallest absolute Gasteiger partial charge is 0.269 e. The van der Waals surface area contributed by atoms with E-state index in [1.807, 2.05) is 0 Å². The molecule has 1 aromatic rings. The van der Waals surface area contributed by atoms with E-state index in [0.29, 0.717) is 5.56 Å². The molecule has 0 atom stereocenters. The average Bonchev–Trinajstić information content (AvgIpc) is 2.28. The fourth-order valence-electron chi connectivity index (χ4n) is 1.30. The van der Waals surface area contributed by atoms with Crippen LogP contribution in [0, 0.1) is 10.1 Å². The number of nitro groups is 1. The Bertz CT molecular complexity index is 457. The van der Waals surface area contributed by atoms with Crippen LogP contribution in [0.2, 0.25) is 0 Å². The number of nitrogens with one attached hydrogen (secondary N) is 1. The summed E-state index contributed by atoms with van der Waals surface area (Å²) < 4.78 is 0. The van der Waals surface area contributed by atoms with Crippen LogP contribution in [0.15, 0.2) is 24.3 Å². The van der Waals surface area contributed by atoms with E-state index in [1.54, 1.807) is 0 Å². The van der Waals surface area contributed by atoms with Gasteiger partial charge in [-0.25, -0.2) is 0 Å². The molecule has 0 spiro atoms. The second kappa shape index (κ2) is 5.73. The van der Waals surface area contributed by atoms with Gasteiger partial charge in [-0.3, -0.25) is 25.0 Å². The minimum atomic E-state index is -1.26. The number of non-ortho nitro benzene ring substituents is 1. The molecule has 0 fully saturated rings. The lowest BCUT2D eigenvalue weighted by Gasteiger charge is -2.11. The number of nitrogens with two attached hydrogens (primary N) is 2. The maximum absolute atomic E-state index is 10.9. The Morgan fingerprint density at radius 1 is 1.22 bits per heavy atom. The van der Waals surface area contributed by atoms with Crippen molar-refractivity contribution in [2.45, 2.75) is 12.6 Å². The standard InChI is InChI=1S/C10H12N4O4/c11-9(15)8(10(12)16)13-5-6-1-3-7(4-2-6)14(17)18/h1-4,8,13H,5H2,(H2,11,15)(H2,12,16). The van der Waals surface area contributed by atoms with E-state index >= 15 is 0 Å². The van der Waals surface area contributed by atoms with Crippen molar-refractivity contribution in [3.63, 3.8) is 0 Å². The molecule has 0 aliphatic carbocycles. The number of rotatable bonds is 6. The van der Waals surface area contributed by atoms with Crippen LogP contribution >= 0.6 is 0 Å². The first-order valence-electron chi connectivity index (χ1n) is 4.97. The van der Waals surface area contributed by atoms with E-state index in [9.17, 15) is 19.7 Å². The van der Waals surface area contributed by atoms with Gasteiger partial charge in [0.1, 0.15) is 0 Å². The number of benzene rings is 1. The van der Waals surface area contributed by atoms with Crippen LogP contribution in [0.25, 0.3) is 0 Å². The summed E-state index contributed by atoms with van der Waals surface area (Å²) in [6.07, 6.45) is 0. The van der Waals surface area contributed by atoms with Crippen molar-refractivity contribution in [3.8, 4) is 0 Å². The van der Waals surface area contributed by atoms with Crippen LogP contribution < -0.4 is 16.8 Å². The Morgan fingerprint density at radius 3 is 2.11 bits per heavy atom. The number of amides is 2. The van der Waals surface area contributed by atoms with E-state index < -0.39 is 22.8 Å². The van der Waals surface area contributed by atoms with Gasteiger partial charge in [-0.15, -0.1) is 0 Å². The Labute approximate surface area is 102 Å². The fourth-order valence-corrected chi connectivity index (χ4v) is 1.30. The summed E-state index contributed by atoms with van der Waals surface area (Å²) in [5.41, 5.74) is 10.6. The maximum atomic E-state index is 10.9. The summed E-state index contributed by atoms with van der Waals surface area (Å²) in [6.45, 7) is 0.147. The first kappa shape index (κ1) is 13.6. The zero-order chi connectivity index (χ0) is 13.7. The highest BCUT2D eigenvalue weighted by molar-refractivity contribution is 6.02. The van der Waals surface area contributed by atoms with E-state index in [2.05, 4.69) is 5.32 Å². The predicted molar refractivity (Wildman–Crippen MR) is 62.1 cm³/mol. The number of carbonyl (C=O) groups excluding carboxylic acids is 2. The predicted octanol–water partition coefficient (Wildman–Crippen LogP) is -0.976. The molecule has 0 aliphatic rings. The summed E-state index contributed by atoms with van der Waals surface area (Å²) >= 11 is 0. The van der Waals surface area contributed by atoms with E-state index in [4.69, 9.17) is 11.5 Å². The molecule has 0 aliphatic heterocycles. The highest BCUT2D eigenvalue weighted by atomic mass is 16.6. The molecule has 96 valence electrons. The largest absolute Gasteiger partial charge is 0.368 e. The van der Waals surface area contributed by atoms with Crippen LogP contribution in [0.4, 0.5) is 5.69 Å². The Morgan fingerprint density at radius 2 is 1.72 bits per heavy atom. The zero-order valence-corrected chi connectivity index (χ0v) is 9.33. The molecule has 0 bridgehead atoms. The highest BCUT2D eigenvalue weighted by Crippen LogP contribution is 2.11. The average molecular weight is 252 g/mol. The summed E-state index contributed by atoms with van der Waals surface area (Å²) in [5.74, 6) is -1.74. The van der Waals surface area contributed by atoms with Crippen molar-refractivity contribution >= 4 is 17.5 Å². The van der Waals surface area contributed by atoms with Gasteiger partial charge in [0.15, 0.2) is 6.04 Å². The van der Waals surface area contributed by atoms with Gasteiger partial charge in [-0.2, -0.15) is 0 Å². The number of nitro benzene ring substituents is 1. The monoisotopic (exact) mass is 252 g/mol. The van der Waals surface area contributed by atoms with Gasteiger partial charge in [-0.05, 0) is 5.56 Å². The van der Waals surface area contributed by atoms with Crippen molar-refractivity contribution in [3.05, 3.63) is 39.9 Å². The van der Waals surface area contributed by atoms with Gasteiger partial charge < -0.3 is 11.5 Å². The van der Waals surface area contributed by atoms with Crippen molar-refractivity contribution in [1.82, 2.24) is 5.32 Å². The number of carbonyl (C=O) groups is 2. The molecule has 18 heavy (non-hydrogen) atoms. The van der Waals surface area contributed by atoms with Crippen LogP contribution in [0.1, 0.15) is 5.56 Å². The molecule has 0 unspecified atom stereocenters. The van der Waals surface area contributed by atoms with Crippen molar-refractivity contribution in [1.29, 1.82) is 0 Å². The third-order valence-electron chi connectivity index (χ3n) is 2.23. The molecule has 0 aromatic heterocycles. The van der Waals surface area contributed by atoms with Crippen LogP contribution in [0.3, 0.4) is 0 Å². The van der Waals surface area contributed by atoms with Crippen molar-refractivity contribution in [2.24, 2.45) is 11.5 Å². The van der Waals surface area contributed by atoms with Gasteiger partial charge in [0, 0.05) is 18.7 Å². The Hall–Kier alpha value is -2.48. The lowest BCUT2D eigenvalue weighted by molar-refractivity contribution is -0.384. The van der Waals surface area contributed by atoms with Crippen LogP contribution in [0.5, 0.6) is 0 Å². The number of hydrogen-bond acceptors (Lipinski definition) is 5. The first-order valence-corrected chi connectivity index (χ1v) is 4.97. The molecular formula is C10H12N4O4. The molecule has 0 saturated heterocycles. The van der Waals surface area contributed by atoms with Crippen LogP contribution in [-0.2, 0) is 16.1 Å². The third-order valence-corrected chi connectivity index (χ3v) is 2.23. The molecule has 8 nitrogen and oxygen atoms in total. The molecule has 0 radical (unpaired) electrons. The summed E-state index contributed by atoms with van der Waals surface area (Å²) in [5, 5.41) is 13.0. The van der Waals surface area contributed by atoms with Gasteiger partial charge in [0.2, 0.25) is 11.8 Å². The molecule has 0 saturated carbocycles. The first-order chi connectivity index (χ1) is 8.41. The molecule has 5 N–H and O–H groups in total. The second-order valence-electron chi connectivity index (χ2n) is 3.54. The van der Waals surface area contributed by atoms with Gasteiger partial charge >= 0.3 is 0 Å². The van der Waals surface area contributed by atoms with Crippen molar-refractivity contribution < 1.29 is 14.5 Å². The zero-order valence-electron chi connectivity index (χ0n) is 9.33. The Kier molecular flexibility index (Phi) is 4.33. The van der Waals surface area contributed by atoms with Gasteiger partial charge in [0.05, 0.1) is 4.92 Å². The quantitative estimate of drug-likeness (QED) is 0.339. The number of primary amides is 2. The number of nitrogens with zero attached hydrogens (tertiary/aromatic N) is 1. The third kappa shape index (κ3) is 3.52. The topological polar surface area (TPSA) is 141 Å². The SMILES string of the molecule is NC(=O)C(NCc1ccc([N+](=O)[O-])cc1)C(N)=O. The molecule has 1 aromatic carbocycles. The lowest BCUT2D eigenvalue weighted by Crippen LogP contribution is -2.49. The molecule has 8 heteroatoms. The maximum Gasteiger partial charge on any atom is 0.269 e. The minimum Gasteiger partial charge on any atom is -0.368 e. The Balaban J connectivity index is 2.65. The minimum absolute atomic E-state index is 0.0416. The number of hydrogen-bond donors (Lipinski definition) is 3. The molecule has 1 rings (SSSR count). The summed E-state index contributed by atoms with van der Waals surface area (Å²) in [6, 6.07) is 4.38. The van der Waals surface area contributed by atoms with Gasteiger partial charge in [-0.1, -0.05) is 12.1 Å². The van der Waals surface area contributed by atoms with E-state index in [1.165, 1.54) is 24.3 Å². The molecule has 0 heterocycles. The van der Waals surface area contributed by atoms with Crippen LogP contribution in [-0.4, -0.2) is 22.8 Å². The van der Waals surface area contributed by atoms with E-state index in [-0.39, 0.29) is 12.2 Å². The lowest BCUT2D eigenvalue weighted by atomic mass is 10.2. The van der Waals surface area contributed by atoms with Crippen molar-refractivity contribution in [2.75, 3.05) is 0 Å². The second-order valence-corrected chi connectivity index (χ2v) is 3.54.